The highest BCUT2D eigenvalue weighted by molar-refractivity contribution is 9.09. The molecular formula is C11H11BrO. The van der Waals surface area contributed by atoms with E-state index in [9.17, 15) is 0 Å². The second kappa shape index (κ2) is 3.64. The molecule has 1 aliphatic rings. The number of hydrogen-bond donors (Lipinski definition) is 1. The Morgan fingerprint density at radius 2 is 2.15 bits per heavy atom. The summed E-state index contributed by atoms with van der Waals surface area (Å²) in [6.07, 6.45) is 3.87. The quantitative estimate of drug-likeness (QED) is 0.786. The first-order valence-corrected chi connectivity index (χ1v) is 5.27. The molecule has 0 aromatic heterocycles. The van der Waals surface area contributed by atoms with Gasteiger partial charge in [-0.15, -0.1) is 0 Å². The van der Waals surface area contributed by atoms with Crippen LogP contribution in [0.3, 0.4) is 0 Å². The predicted octanol–water partition coefficient (Wildman–Crippen LogP) is 2.73. The minimum absolute atomic E-state index is 0.409. The second-order valence-electron chi connectivity index (χ2n) is 3.32. The summed E-state index contributed by atoms with van der Waals surface area (Å²) in [7, 11) is 0. The van der Waals surface area contributed by atoms with Crippen LogP contribution < -0.4 is 0 Å². The molecule has 0 amide bonds. The van der Waals surface area contributed by atoms with Gasteiger partial charge in [0.1, 0.15) is 5.01 Å². The summed E-state index contributed by atoms with van der Waals surface area (Å²) in [6, 6.07) is 8.35. The third kappa shape index (κ3) is 2.01. The van der Waals surface area contributed by atoms with Gasteiger partial charge in [-0.25, -0.2) is 0 Å². The molecule has 1 N–H and O–H groups in total. The van der Waals surface area contributed by atoms with Gasteiger partial charge >= 0.3 is 0 Å². The number of alkyl halides is 1. The average molecular weight is 239 g/mol. The highest BCUT2D eigenvalue weighted by Crippen LogP contribution is 2.27. The van der Waals surface area contributed by atoms with Crippen LogP contribution in [0, 0.1) is 0 Å². The van der Waals surface area contributed by atoms with Crippen molar-refractivity contribution in [3.05, 3.63) is 41.0 Å². The van der Waals surface area contributed by atoms with E-state index in [0.29, 0.717) is 6.42 Å². The lowest BCUT2D eigenvalue weighted by atomic mass is 10.1. The molecule has 0 fully saturated rings. The van der Waals surface area contributed by atoms with Crippen LogP contribution in [0.1, 0.15) is 17.5 Å². The van der Waals surface area contributed by atoms with Crippen molar-refractivity contribution in [1.29, 1.82) is 0 Å². The topological polar surface area (TPSA) is 20.2 Å². The van der Waals surface area contributed by atoms with Gasteiger partial charge in [-0.2, -0.15) is 0 Å². The molecule has 0 bridgehead atoms. The first-order valence-electron chi connectivity index (χ1n) is 4.35. The SMILES string of the molecule is OC(Br)CC1=Cc2ccccc2C1. The van der Waals surface area contributed by atoms with Crippen LogP contribution in [0.2, 0.25) is 0 Å². The van der Waals surface area contributed by atoms with Gasteiger partial charge in [0, 0.05) is 6.42 Å². The van der Waals surface area contributed by atoms with E-state index < -0.39 is 5.01 Å². The number of fused-ring (bicyclic) bond motifs is 1. The maximum absolute atomic E-state index is 9.17. The molecule has 0 saturated carbocycles. The minimum Gasteiger partial charge on any atom is -0.382 e. The standard InChI is InChI=1S/C11H11BrO/c12-11(13)7-8-5-9-3-1-2-4-10(9)6-8/h1-5,11,13H,6-7H2. The first kappa shape index (κ1) is 8.97. The molecule has 1 aliphatic carbocycles. The summed E-state index contributed by atoms with van der Waals surface area (Å²) in [5.74, 6) is 0. The van der Waals surface area contributed by atoms with Crippen molar-refractivity contribution >= 4 is 22.0 Å². The minimum atomic E-state index is -0.409. The molecule has 1 atom stereocenters. The summed E-state index contributed by atoms with van der Waals surface area (Å²) in [5, 5.41) is 8.76. The zero-order valence-corrected chi connectivity index (χ0v) is 8.79. The van der Waals surface area contributed by atoms with Crippen LogP contribution in [0.15, 0.2) is 29.8 Å². The van der Waals surface area contributed by atoms with Crippen LogP contribution in [0.5, 0.6) is 0 Å². The fourth-order valence-corrected chi connectivity index (χ4v) is 2.11. The number of aliphatic hydroxyl groups is 1. The van der Waals surface area contributed by atoms with Crippen LogP contribution in [-0.2, 0) is 6.42 Å². The number of halogens is 1. The van der Waals surface area contributed by atoms with Crippen LogP contribution in [-0.4, -0.2) is 10.1 Å². The molecule has 13 heavy (non-hydrogen) atoms. The lowest BCUT2D eigenvalue weighted by Crippen LogP contribution is -1.97. The molecule has 0 radical (unpaired) electrons. The van der Waals surface area contributed by atoms with Crippen LogP contribution >= 0.6 is 15.9 Å². The van der Waals surface area contributed by atoms with Gasteiger partial charge < -0.3 is 5.11 Å². The Morgan fingerprint density at radius 3 is 2.85 bits per heavy atom. The van der Waals surface area contributed by atoms with E-state index in [2.05, 4.69) is 40.2 Å². The highest BCUT2D eigenvalue weighted by atomic mass is 79.9. The Morgan fingerprint density at radius 1 is 1.38 bits per heavy atom. The number of hydrogen-bond acceptors (Lipinski definition) is 1. The molecule has 0 aliphatic heterocycles. The Balaban J connectivity index is 2.17. The first-order chi connectivity index (χ1) is 6.25. The van der Waals surface area contributed by atoms with E-state index in [1.54, 1.807) is 0 Å². The summed E-state index contributed by atoms with van der Waals surface area (Å²) in [6.45, 7) is 0. The van der Waals surface area contributed by atoms with Crippen molar-refractivity contribution in [1.82, 2.24) is 0 Å². The molecule has 2 heteroatoms. The lowest BCUT2D eigenvalue weighted by Gasteiger charge is -2.02. The van der Waals surface area contributed by atoms with Crippen LogP contribution in [0.25, 0.3) is 6.08 Å². The summed E-state index contributed by atoms with van der Waals surface area (Å²) < 4.78 is 0. The molecule has 1 aromatic rings. The largest absolute Gasteiger partial charge is 0.382 e. The molecule has 0 saturated heterocycles. The van der Waals surface area contributed by atoms with Gasteiger partial charge in [-0.05, 0) is 17.5 Å². The van der Waals surface area contributed by atoms with E-state index >= 15 is 0 Å². The molecule has 1 aromatic carbocycles. The van der Waals surface area contributed by atoms with E-state index in [4.69, 9.17) is 5.11 Å². The van der Waals surface area contributed by atoms with Gasteiger partial charge in [0.15, 0.2) is 0 Å². The number of rotatable bonds is 2. The fraction of sp³-hybridized carbons (Fsp3) is 0.273. The van der Waals surface area contributed by atoms with Crippen LogP contribution in [0.4, 0.5) is 0 Å². The Hall–Kier alpha value is -0.600. The van der Waals surface area contributed by atoms with Gasteiger partial charge in [-0.1, -0.05) is 51.8 Å². The zero-order valence-electron chi connectivity index (χ0n) is 7.20. The maximum atomic E-state index is 9.17. The number of benzene rings is 1. The van der Waals surface area contributed by atoms with Gasteiger partial charge in [0.05, 0.1) is 0 Å². The van der Waals surface area contributed by atoms with Crippen molar-refractivity contribution in [2.45, 2.75) is 17.9 Å². The Labute approximate surface area is 86.2 Å². The molecular weight excluding hydrogens is 228 g/mol. The maximum Gasteiger partial charge on any atom is 0.112 e. The monoisotopic (exact) mass is 238 g/mol. The summed E-state index contributed by atoms with van der Waals surface area (Å²) in [5.41, 5.74) is 3.96. The molecule has 2 rings (SSSR count). The number of aliphatic hydroxyl groups excluding tert-OH is 1. The van der Waals surface area contributed by atoms with Gasteiger partial charge in [0.2, 0.25) is 0 Å². The predicted molar refractivity (Wildman–Crippen MR) is 57.7 cm³/mol. The van der Waals surface area contributed by atoms with Crippen molar-refractivity contribution in [3.63, 3.8) is 0 Å². The third-order valence-electron chi connectivity index (χ3n) is 2.26. The van der Waals surface area contributed by atoms with Gasteiger partial charge in [0.25, 0.3) is 0 Å². The van der Waals surface area contributed by atoms with E-state index in [-0.39, 0.29) is 0 Å². The molecule has 1 unspecified atom stereocenters. The van der Waals surface area contributed by atoms with Crippen molar-refractivity contribution < 1.29 is 5.11 Å². The summed E-state index contributed by atoms with van der Waals surface area (Å²) >= 11 is 3.14. The Kier molecular flexibility index (Phi) is 2.51. The molecule has 0 spiro atoms. The van der Waals surface area contributed by atoms with E-state index in [1.165, 1.54) is 16.7 Å². The highest BCUT2D eigenvalue weighted by Gasteiger charge is 2.13. The smallest absolute Gasteiger partial charge is 0.112 e. The van der Waals surface area contributed by atoms with E-state index in [0.717, 1.165) is 6.42 Å². The van der Waals surface area contributed by atoms with Gasteiger partial charge in [-0.3, -0.25) is 0 Å². The fourth-order valence-electron chi connectivity index (χ4n) is 1.70. The zero-order chi connectivity index (χ0) is 9.26. The molecule has 68 valence electrons. The third-order valence-corrected chi connectivity index (χ3v) is 2.59. The normalized spacial score (nSPS) is 16.6. The lowest BCUT2D eigenvalue weighted by molar-refractivity contribution is 0.270. The molecule has 0 heterocycles. The van der Waals surface area contributed by atoms with E-state index in [1.807, 2.05) is 6.07 Å². The van der Waals surface area contributed by atoms with Crippen molar-refractivity contribution in [2.75, 3.05) is 0 Å². The summed E-state index contributed by atoms with van der Waals surface area (Å²) in [4.78, 5) is 0. The Bertz CT molecular complexity index is 342. The van der Waals surface area contributed by atoms with Crippen molar-refractivity contribution in [2.24, 2.45) is 0 Å². The average Bonchev–Trinajstić information content (AvgIpc) is 2.44. The molecule has 1 nitrogen and oxygen atoms in total. The van der Waals surface area contributed by atoms with Crippen molar-refractivity contribution in [3.8, 4) is 0 Å². The second-order valence-corrected chi connectivity index (χ2v) is 4.37.